The lowest BCUT2D eigenvalue weighted by atomic mass is 10.5. The van der Waals surface area contributed by atoms with E-state index in [9.17, 15) is 9.36 Å². The zero-order valence-corrected chi connectivity index (χ0v) is 6.63. The van der Waals surface area contributed by atoms with Crippen LogP contribution in [0.4, 0.5) is 0 Å². The van der Waals surface area contributed by atoms with Crippen LogP contribution in [0.2, 0.25) is 0 Å². The first kappa shape index (κ1) is 9.53. The zero-order valence-electron chi connectivity index (χ0n) is 5.74. The second-order valence-electron chi connectivity index (χ2n) is 1.67. The minimum Gasteiger partial charge on any atom is -0.469 e. The van der Waals surface area contributed by atoms with Gasteiger partial charge in [-0.2, -0.15) is 0 Å². The number of hydrogen-bond acceptors (Lipinski definition) is 4. The van der Waals surface area contributed by atoms with Crippen LogP contribution >= 0.6 is 7.80 Å². The van der Waals surface area contributed by atoms with Crippen molar-refractivity contribution >= 4 is 13.8 Å². The lowest BCUT2D eigenvalue weighted by molar-refractivity contribution is -0.140. The van der Waals surface area contributed by atoms with E-state index in [1.54, 1.807) is 0 Å². The number of hydrogen-bond donors (Lipinski definition) is 1. The lowest BCUT2D eigenvalue weighted by Crippen LogP contribution is -2.01. The molecule has 0 saturated heterocycles. The molecule has 0 aromatic heterocycles. The van der Waals surface area contributed by atoms with Crippen LogP contribution in [0.5, 0.6) is 0 Å². The fourth-order valence-corrected chi connectivity index (χ4v) is 0.962. The molecule has 5 heteroatoms. The monoisotopic (exact) mass is 165 g/mol. The quantitative estimate of drug-likeness (QED) is 0.481. The van der Waals surface area contributed by atoms with Crippen molar-refractivity contribution in [3.8, 4) is 0 Å². The van der Waals surface area contributed by atoms with Gasteiger partial charge in [-0.1, -0.05) is 4.57 Å². The summed E-state index contributed by atoms with van der Waals surface area (Å²) < 4.78 is 14.8. The van der Waals surface area contributed by atoms with Gasteiger partial charge in [0.2, 0.25) is 6.35 Å². The lowest BCUT2D eigenvalue weighted by Gasteiger charge is -1.90. The summed E-state index contributed by atoms with van der Waals surface area (Å²) in [7, 11) is -0.340. The third-order valence-corrected chi connectivity index (χ3v) is 1.99. The molecule has 58 valence electrons. The number of aliphatic hydroxyl groups excluding tert-OH is 1. The van der Waals surface area contributed by atoms with E-state index in [-0.39, 0.29) is 18.9 Å². The van der Waals surface area contributed by atoms with E-state index in [0.717, 1.165) is 0 Å². The second kappa shape index (κ2) is 5.33. The Labute approximate surface area is 60.0 Å². The van der Waals surface area contributed by atoms with Crippen molar-refractivity contribution in [1.82, 2.24) is 0 Å². The Kier molecular flexibility index (Phi) is 5.08. The average molecular weight is 165 g/mol. The topological polar surface area (TPSA) is 63.6 Å². The maximum Gasteiger partial charge on any atom is 0.367 e. The van der Waals surface area contributed by atoms with Crippen LogP contribution in [-0.4, -0.2) is 30.7 Å². The molecule has 0 radical (unpaired) electrons. The molecule has 0 amide bonds. The highest BCUT2D eigenvalue weighted by molar-refractivity contribution is 7.44. The average Bonchev–Trinajstić information content (AvgIpc) is 1.99. The highest BCUT2D eigenvalue weighted by Gasteiger charge is 2.15. The molecule has 0 aliphatic heterocycles. The summed E-state index contributed by atoms with van der Waals surface area (Å²) in [6.45, 7) is 0. The van der Waals surface area contributed by atoms with Gasteiger partial charge in [0.1, 0.15) is 0 Å². The van der Waals surface area contributed by atoms with Crippen LogP contribution in [0, 0.1) is 0 Å². The first-order chi connectivity index (χ1) is 4.70. The highest BCUT2D eigenvalue weighted by Crippen LogP contribution is 2.18. The van der Waals surface area contributed by atoms with E-state index in [4.69, 9.17) is 5.11 Å². The van der Waals surface area contributed by atoms with E-state index in [1.165, 1.54) is 7.11 Å². The van der Waals surface area contributed by atoms with Gasteiger partial charge in [0.05, 0.1) is 13.5 Å². The first-order valence-electron chi connectivity index (χ1n) is 2.80. The Hall–Kier alpha value is -0.470. The molecule has 1 unspecified atom stereocenters. The fraction of sp³-hybridized carbons (Fsp3) is 0.800. The van der Waals surface area contributed by atoms with Gasteiger partial charge in [-0.15, -0.1) is 0 Å². The van der Waals surface area contributed by atoms with E-state index in [1.807, 2.05) is 0 Å². The molecule has 0 fully saturated rings. The molecular formula is C5H10O4P+. The van der Waals surface area contributed by atoms with Crippen molar-refractivity contribution in [1.29, 1.82) is 0 Å². The Morgan fingerprint density at radius 1 is 1.70 bits per heavy atom. The minimum absolute atomic E-state index is 0.117. The molecule has 0 aromatic carbocycles. The molecule has 0 aliphatic rings. The van der Waals surface area contributed by atoms with Crippen LogP contribution in [0.1, 0.15) is 6.42 Å². The highest BCUT2D eigenvalue weighted by atomic mass is 31.1. The van der Waals surface area contributed by atoms with Crippen molar-refractivity contribution < 1.29 is 19.2 Å². The maximum atomic E-state index is 10.5. The van der Waals surface area contributed by atoms with Crippen LogP contribution in [0.15, 0.2) is 0 Å². The third kappa shape index (κ3) is 4.41. The summed E-state index contributed by atoms with van der Waals surface area (Å²) in [6.07, 6.45) is -0.0307. The fourth-order valence-electron chi connectivity index (χ4n) is 0.389. The molecule has 0 bridgehead atoms. The van der Waals surface area contributed by atoms with Crippen LogP contribution in [-0.2, 0) is 14.1 Å². The molecule has 1 atom stereocenters. The molecule has 10 heavy (non-hydrogen) atoms. The number of rotatable bonds is 4. The first-order valence-corrected chi connectivity index (χ1v) is 4.43. The molecule has 0 heterocycles. The van der Waals surface area contributed by atoms with Gasteiger partial charge in [-0.25, -0.2) is 0 Å². The van der Waals surface area contributed by atoms with Crippen LogP contribution in [0.3, 0.4) is 0 Å². The Morgan fingerprint density at radius 3 is 2.70 bits per heavy atom. The molecule has 0 spiro atoms. The molecule has 0 rings (SSSR count). The molecule has 0 saturated carbocycles. The Morgan fingerprint density at radius 2 is 2.30 bits per heavy atom. The van der Waals surface area contributed by atoms with E-state index >= 15 is 0 Å². The van der Waals surface area contributed by atoms with Crippen molar-refractivity contribution in [2.24, 2.45) is 0 Å². The van der Waals surface area contributed by atoms with Gasteiger partial charge in [0, 0.05) is 0 Å². The normalized spacial score (nSPS) is 10.8. The summed E-state index contributed by atoms with van der Waals surface area (Å²) in [5.41, 5.74) is 0. The SMILES string of the molecule is COC(=O)CC[P+](=O)CO. The van der Waals surface area contributed by atoms with Crippen LogP contribution in [0.25, 0.3) is 0 Å². The maximum absolute atomic E-state index is 10.5. The summed E-state index contributed by atoms with van der Waals surface area (Å²) in [6, 6.07) is 0. The summed E-state index contributed by atoms with van der Waals surface area (Å²) in [5, 5.41) is 8.28. The number of aliphatic hydroxyl groups is 1. The van der Waals surface area contributed by atoms with Gasteiger partial charge in [-0.05, 0) is 0 Å². The smallest absolute Gasteiger partial charge is 0.367 e. The number of carbonyl (C=O) groups is 1. The van der Waals surface area contributed by atoms with Gasteiger partial charge < -0.3 is 9.84 Å². The molecule has 0 aliphatic carbocycles. The Balaban J connectivity index is 3.35. The standard InChI is InChI=1S/C5H10O4P/c1-9-5(7)2-3-10(8)4-6/h6H,2-4H2,1H3/q+1. The molecule has 0 aromatic rings. The zero-order chi connectivity index (χ0) is 7.98. The van der Waals surface area contributed by atoms with E-state index < -0.39 is 13.8 Å². The largest absolute Gasteiger partial charge is 0.469 e. The molecular weight excluding hydrogens is 155 g/mol. The Bertz CT molecular complexity index is 118. The van der Waals surface area contributed by atoms with Crippen LogP contribution < -0.4 is 0 Å². The van der Waals surface area contributed by atoms with Crippen molar-refractivity contribution in [2.75, 3.05) is 19.6 Å². The third-order valence-electron chi connectivity index (χ3n) is 0.951. The molecule has 1 N–H and O–H groups in total. The van der Waals surface area contributed by atoms with Crippen molar-refractivity contribution in [3.05, 3.63) is 0 Å². The van der Waals surface area contributed by atoms with Crippen molar-refractivity contribution in [2.45, 2.75) is 6.42 Å². The predicted octanol–water partition coefficient (Wildman–Crippen LogP) is 0.327. The second-order valence-corrected chi connectivity index (χ2v) is 3.37. The summed E-state index contributed by atoms with van der Waals surface area (Å²) >= 11 is 0. The number of methoxy groups -OCH3 is 1. The van der Waals surface area contributed by atoms with Gasteiger partial charge in [0.15, 0.2) is 6.16 Å². The van der Waals surface area contributed by atoms with E-state index in [2.05, 4.69) is 4.74 Å². The van der Waals surface area contributed by atoms with Gasteiger partial charge >= 0.3 is 13.8 Å². The summed E-state index contributed by atoms with van der Waals surface area (Å²) in [4.78, 5) is 10.4. The van der Waals surface area contributed by atoms with Gasteiger partial charge in [0.25, 0.3) is 0 Å². The van der Waals surface area contributed by atoms with E-state index in [0.29, 0.717) is 0 Å². The number of esters is 1. The minimum atomic E-state index is -1.61. The van der Waals surface area contributed by atoms with Crippen molar-refractivity contribution in [3.63, 3.8) is 0 Å². The number of carbonyl (C=O) groups excluding carboxylic acids is 1. The predicted molar refractivity (Wildman–Crippen MR) is 36.2 cm³/mol. The van der Waals surface area contributed by atoms with Gasteiger partial charge in [-0.3, -0.25) is 4.79 Å². The summed E-state index contributed by atoms with van der Waals surface area (Å²) in [5.74, 6) is -0.392. The molecule has 4 nitrogen and oxygen atoms in total. The number of ether oxygens (including phenoxy) is 1.